The van der Waals surface area contributed by atoms with Gasteiger partial charge >= 0.3 is 0 Å². The van der Waals surface area contributed by atoms with E-state index in [1.165, 1.54) is 32.1 Å². The molecule has 3 rings (SSSR count). The van der Waals surface area contributed by atoms with Gasteiger partial charge in [-0.05, 0) is 32.0 Å². The normalized spacial score (nSPS) is 17.4. The lowest BCUT2D eigenvalue weighted by molar-refractivity contribution is 0.180. The summed E-state index contributed by atoms with van der Waals surface area (Å²) in [5.74, 6) is 0.968. The second-order valence-corrected chi connectivity index (χ2v) is 5.51. The predicted molar refractivity (Wildman–Crippen MR) is 75.7 cm³/mol. The monoisotopic (exact) mass is 259 g/mol. The number of rotatable bonds is 3. The van der Waals surface area contributed by atoms with E-state index in [1.807, 2.05) is 22.7 Å². The SMILES string of the molecule is CN(Cc1nnc2ccc(N)cn12)C1CCCCC1. The number of aromatic nitrogens is 3. The Kier molecular flexibility index (Phi) is 3.38. The van der Waals surface area contributed by atoms with Crippen molar-refractivity contribution in [1.82, 2.24) is 19.5 Å². The fraction of sp³-hybridized carbons (Fsp3) is 0.571. The van der Waals surface area contributed by atoms with Crippen LogP contribution in [0.3, 0.4) is 0 Å². The van der Waals surface area contributed by atoms with Crippen LogP contribution in [0.5, 0.6) is 0 Å². The minimum Gasteiger partial charge on any atom is -0.398 e. The molecule has 0 saturated heterocycles. The van der Waals surface area contributed by atoms with E-state index >= 15 is 0 Å². The number of hydrogen-bond donors (Lipinski definition) is 1. The molecule has 0 bridgehead atoms. The molecule has 0 atom stereocenters. The molecular formula is C14H21N5. The first-order valence-corrected chi connectivity index (χ1v) is 7.03. The topological polar surface area (TPSA) is 59.5 Å². The smallest absolute Gasteiger partial charge is 0.160 e. The van der Waals surface area contributed by atoms with E-state index in [0.29, 0.717) is 6.04 Å². The molecule has 1 aliphatic carbocycles. The Morgan fingerprint density at radius 2 is 2.05 bits per heavy atom. The number of nitrogens with two attached hydrogens (primary N) is 1. The number of pyridine rings is 1. The molecule has 1 aliphatic rings. The summed E-state index contributed by atoms with van der Waals surface area (Å²) in [5, 5.41) is 8.48. The lowest BCUT2D eigenvalue weighted by Crippen LogP contribution is -2.33. The molecule has 1 saturated carbocycles. The Morgan fingerprint density at radius 3 is 2.84 bits per heavy atom. The van der Waals surface area contributed by atoms with Crippen LogP contribution in [0.15, 0.2) is 18.3 Å². The third-order valence-electron chi connectivity index (χ3n) is 4.08. The highest BCUT2D eigenvalue weighted by molar-refractivity contribution is 5.47. The molecule has 0 aliphatic heterocycles. The van der Waals surface area contributed by atoms with Gasteiger partial charge in [-0.2, -0.15) is 0 Å². The molecule has 2 heterocycles. The highest BCUT2D eigenvalue weighted by Gasteiger charge is 2.19. The van der Waals surface area contributed by atoms with Gasteiger partial charge in [0.2, 0.25) is 0 Å². The van der Waals surface area contributed by atoms with Crippen molar-refractivity contribution in [2.45, 2.75) is 44.7 Å². The van der Waals surface area contributed by atoms with E-state index < -0.39 is 0 Å². The molecule has 102 valence electrons. The zero-order valence-electron chi connectivity index (χ0n) is 11.4. The van der Waals surface area contributed by atoms with Crippen molar-refractivity contribution in [2.75, 3.05) is 12.8 Å². The Balaban J connectivity index is 1.78. The maximum atomic E-state index is 5.84. The summed E-state index contributed by atoms with van der Waals surface area (Å²) >= 11 is 0. The molecule has 5 nitrogen and oxygen atoms in total. The summed E-state index contributed by atoms with van der Waals surface area (Å²) in [7, 11) is 2.18. The first-order valence-electron chi connectivity index (χ1n) is 7.03. The average molecular weight is 259 g/mol. The van der Waals surface area contributed by atoms with Crippen LogP contribution in [0.25, 0.3) is 5.65 Å². The number of nitrogens with zero attached hydrogens (tertiary/aromatic N) is 4. The van der Waals surface area contributed by atoms with Gasteiger partial charge in [-0.25, -0.2) is 0 Å². The Labute approximate surface area is 113 Å². The van der Waals surface area contributed by atoms with Crippen molar-refractivity contribution in [1.29, 1.82) is 0 Å². The third-order valence-corrected chi connectivity index (χ3v) is 4.08. The fourth-order valence-corrected chi connectivity index (χ4v) is 2.94. The van der Waals surface area contributed by atoms with Gasteiger partial charge in [0.15, 0.2) is 11.5 Å². The Bertz CT molecular complexity index is 556. The molecule has 0 radical (unpaired) electrons. The third kappa shape index (κ3) is 2.56. The van der Waals surface area contributed by atoms with Crippen LogP contribution >= 0.6 is 0 Å². The van der Waals surface area contributed by atoms with Gasteiger partial charge in [0, 0.05) is 17.9 Å². The molecule has 2 aromatic heterocycles. The quantitative estimate of drug-likeness (QED) is 0.916. The summed E-state index contributed by atoms with van der Waals surface area (Å²) in [6, 6.07) is 4.45. The highest BCUT2D eigenvalue weighted by Crippen LogP contribution is 2.22. The van der Waals surface area contributed by atoms with Crippen molar-refractivity contribution in [2.24, 2.45) is 0 Å². The number of nitrogen functional groups attached to an aromatic ring is 1. The van der Waals surface area contributed by atoms with E-state index in [1.54, 1.807) is 0 Å². The summed E-state index contributed by atoms with van der Waals surface area (Å²) < 4.78 is 1.99. The summed E-state index contributed by atoms with van der Waals surface area (Å²) in [6.45, 7) is 0.829. The Hall–Kier alpha value is -1.62. The maximum Gasteiger partial charge on any atom is 0.160 e. The van der Waals surface area contributed by atoms with Gasteiger partial charge in [-0.3, -0.25) is 9.30 Å². The largest absolute Gasteiger partial charge is 0.398 e. The van der Waals surface area contributed by atoms with Crippen LogP contribution in [0.2, 0.25) is 0 Å². The zero-order chi connectivity index (χ0) is 13.2. The molecule has 1 fully saturated rings. The zero-order valence-corrected chi connectivity index (χ0v) is 11.4. The van der Waals surface area contributed by atoms with Crippen LogP contribution in [-0.2, 0) is 6.54 Å². The first-order chi connectivity index (χ1) is 9.24. The predicted octanol–water partition coefficient (Wildman–Crippen LogP) is 2.08. The van der Waals surface area contributed by atoms with Gasteiger partial charge in [0.25, 0.3) is 0 Å². The molecule has 5 heteroatoms. The standard InChI is InChI=1S/C14H21N5/c1-18(12-5-3-2-4-6-12)10-14-17-16-13-8-7-11(15)9-19(13)14/h7-9,12H,2-6,10,15H2,1H3. The van der Waals surface area contributed by atoms with Crippen molar-refractivity contribution >= 4 is 11.3 Å². The van der Waals surface area contributed by atoms with Gasteiger partial charge in [-0.15, -0.1) is 10.2 Å². The summed E-state index contributed by atoms with van der Waals surface area (Å²) in [6.07, 6.45) is 8.59. The van der Waals surface area contributed by atoms with Crippen LogP contribution in [0.4, 0.5) is 5.69 Å². The lowest BCUT2D eigenvalue weighted by Gasteiger charge is -2.30. The minimum atomic E-state index is 0.683. The second-order valence-electron chi connectivity index (χ2n) is 5.51. The fourth-order valence-electron chi connectivity index (χ4n) is 2.94. The molecule has 0 amide bonds. The van der Waals surface area contributed by atoms with Crippen molar-refractivity contribution in [3.8, 4) is 0 Å². The Morgan fingerprint density at radius 1 is 1.26 bits per heavy atom. The van der Waals surface area contributed by atoms with Crippen LogP contribution < -0.4 is 5.73 Å². The van der Waals surface area contributed by atoms with E-state index in [0.717, 1.165) is 23.7 Å². The number of hydrogen-bond acceptors (Lipinski definition) is 4. The number of fused-ring (bicyclic) bond motifs is 1. The lowest BCUT2D eigenvalue weighted by atomic mass is 9.94. The molecule has 0 aromatic carbocycles. The van der Waals surface area contributed by atoms with E-state index in [9.17, 15) is 0 Å². The van der Waals surface area contributed by atoms with Gasteiger partial charge in [0.1, 0.15) is 0 Å². The second kappa shape index (κ2) is 5.17. The molecule has 0 unspecified atom stereocenters. The van der Waals surface area contributed by atoms with Crippen molar-refractivity contribution in [3.63, 3.8) is 0 Å². The van der Waals surface area contributed by atoms with E-state index in [2.05, 4.69) is 22.1 Å². The van der Waals surface area contributed by atoms with Gasteiger partial charge < -0.3 is 5.73 Å². The molecule has 2 aromatic rings. The van der Waals surface area contributed by atoms with Gasteiger partial charge in [-0.1, -0.05) is 19.3 Å². The van der Waals surface area contributed by atoms with Crippen LogP contribution in [-0.4, -0.2) is 32.6 Å². The van der Waals surface area contributed by atoms with E-state index in [4.69, 9.17) is 5.73 Å². The highest BCUT2D eigenvalue weighted by atomic mass is 15.3. The van der Waals surface area contributed by atoms with Crippen LogP contribution in [0, 0.1) is 0 Å². The molecule has 0 spiro atoms. The van der Waals surface area contributed by atoms with Crippen molar-refractivity contribution in [3.05, 3.63) is 24.2 Å². The van der Waals surface area contributed by atoms with E-state index in [-0.39, 0.29) is 0 Å². The molecule has 2 N–H and O–H groups in total. The van der Waals surface area contributed by atoms with Crippen LogP contribution in [0.1, 0.15) is 37.9 Å². The maximum absolute atomic E-state index is 5.84. The number of anilines is 1. The first kappa shape index (κ1) is 12.4. The molecular weight excluding hydrogens is 238 g/mol. The average Bonchev–Trinajstić information content (AvgIpc) is 2.82. The summed E-state index contributed by atoms with van der Waals surface area (Å²) in [5.41, 5.74) is 7.44. The van der Waals surface area contributed by atoms with Crippen molar-refractivity contribution < 1.29 is 0 Å². The summed E-state index contributed by atoms with van der Waals surface area (Å²) in [4.78, 5) is 2.40. The minimum absolute atomic E-state index is 0.683. The van der Waals surface area contributed by atoms with Gasteiger partial charge in [0.05, 0.1) is 6.54 Å². The molecule has 19 heavy (non-hydrogen) atoms.